The summed E-state index contributed by atoms with van der Waals surface area (Å²) in [5.74, 6) is 3.42. The van der Waals surface area contributed by atoms with Gasteiger partial charge >= 0.3 is 0 Å². The van der Waals surface area contributed by atoms with Crippen molar-refractivity contribution in [2.24, 2.45) is 11.8 Å². The number of rotatable bonds is 7. The molecule has 1 heterocycles. The van der Waals surface area contributed by atoms with Gasteiger partial charge in [0, 0.05) is 16.7 Å². The molecular weight excluding hydrogens is 597 g/mol. The first-order valence-electron chi connectivity index (χ1n) is 17.6. The van der Waals surface area contributed by atoms with E-state index in [-0.39, 0.29) is 5.41 Å². The predicted octanol–water partition coefficient (Wildman–Crippen LogP) is 11.6. The van der Waals surface area contributed by atoms with E-state index in [0.29, 0.717) is 23.0 Å². The fourth-order valence-electron chi connectivity index (χ4n) is 7.81. The molecule has 0 aliphatic heterocycles. The topological polar surface area (TPSA) is 62.5 Å². The van der Waals surface area contributed by atoms with E-state index in [1.165, 1.54) is 31.2 Å². The Morgan fingerprint density at radius 1 is 0.571 bits per heavy atom. The maximum absolute atomic E-state index is 9.52. The third-order valence-corrected chi connectivity index (χ3v) is 10.4. The van der Waals surface area contributed by atoms with Gasteiger partial charge in [-0.2, -0.15) is 5.26 Å². The highest BCUT2D eigenvalue weighted by molar-refractivity contribution is 5.85. The van der Waals surface area contributed by atoms with Crippen LogP contribution in [0.5, 0.6) is 0 Å². The van der Waals surface area contributed by atoms with Gasteiger partial charge in [0.25, 0.3) is 0 Å². The minimum absolute atomic E-state index is 0.208. The molecule has 7 rings (SSSR count). The van der Waals surface area contributed by atoms with Crippen LogP contribution >= 0.6 is 0 Å². The molecule has 4 nitrogen and oxygen atoms in total. The molecule has 242 valence electrons. The molecule has 1 unspecified atom stereocenters. The van der Waals surface area contributed by atoms with Crippen LogP contribution in [0.3, 0.4) is 0 Å². The minimum Gasteiger partial charge on any atom is -0.208 e. The highest BCUT2D eigenvalue weighted by Crippen LogP contribution is 2.45. The maximum atomic E-state index is 9.52. The Labute approximate surface area is 290 Å². The second-order valence-electron chi connectivity index (χ2n) is 13.9. The molecule has 0 spiro atoms. The van der Waals surface area contributed by atoms with Gasteiger partial charge < -0.3 is 0 Å². The summed E-state index contributed by atoms with van der Waals surface area (Å²) in [6.07, 6.45) is 6.27. The summed E-state index contributed by atoms with van der Waals surface area (Å²) in [6.45, 7) is 7.21. The molecule has 3 atom stereocenters. The van der Waals surface area contributed by atoms with Crippen LogP contribution in [0.2, 0.25) is 0 Å². The number of hydrogen-bond donors (Lipinski definition) is 0. The fraction of sp³-hybridized carbons (Fsp3) is 0.244. The quantitative estimate of drug-likeness (QED) is 0.163. The summed E-state index contributed by atoms with van der Waals surface area (Å²) < 4.78 is 0. The molecule has 0 bridgehead atoms. The molecule has 1 fully saturated rings. The lowest BCUT2D eigenvalue weighted by Gasteiger charge is -2.35. The first-order valence-corrected chi connectivity index (χ1v) is 17.6. The van der Waals surface area contributed by atoms with E-state index in [0.717, 1.165) is 57.2 Å². The molecule has 1 aliphatic rings. The van der Waals surface area contributed by atoms with Gasteiger partial charge in [0.05, 0.1) is 11.6 Å². The van der Waals surface area contributed by atoms with E-state index in [1.807, 2.05) is 54.6 Å². The van der Waals surface area contributed by atoms with Gasteiger partial charge in [0.15, 0.2) is 17.5 Å². The van der Waals surface area contributed by atoms with E-state index in [1.54, 1.807) is 0 Å². The van der Waals surface area contributed by atoms with Crippen molar-refractivity contribution in [2.75, 3.05) is 0 Å². The normalized spacial score (nSPS) is 19.1. The molecule has 1 aliphatic carbocycles. The molecule has 6 aromatic rings. The Hall–Kier alpha value is -5.40. The van der Waals surface area contributed by atoms with Crippen LogP contribution in [-0.4, -0.2) is 15.0 Å². The van der Waals surface area contributed by atoms with Crippen molar-refractivity contribution < 1.29 is 0 Å². The second kappa shape index (κ2) is 14.0. The zero-order valence-electron chi connectivity index (χ0n) is 28.6. The molecule has 1 aromatic heterocycles. The van der Waals surface area contributed by atoms with Crippen LogP contribution in [0.15, 0.2) is 127 Å². The summed E-state index contributed by atoms with van der Waals surface area (Å²) in [7, 11) is 0. The van der Waals surface area contributed by atoms with Gasteiger partial charge in [-0.3, -0.25) is 0 Å². The Morgan fingerprint density at radius 3 is 1.65 bits per heavy atom. The highest BCUT2D eigenvalue weighted by atomic mass is 15.0. The summed E-state index contributed by atoms with van der Waals surface area (Å²) in [6, 6.07) is 46.0. The SMILES string of the molecule is CCC1(c2ccc(-c3nc(-c4ccccc4)nc(-c4cccc(-c5ccccc5-c5cccc(C#N)c5)c4)n3)cc2)C[C@H](C)CC[C@H](C)C1. The Balaban J connectivity index is 1.30. The molecule has 49 heavy (non-hydrogen) atoms. The van der Waals surface area contributed by atoms with Gasteiger partial charge in [-0.1, -0.05) is 143 Å². The number of nitrogens with zero attached hydrogens (tertiary/aromatic N) is 4. The molecule has 5 aromatic carbocycles. The van der Waals surface area contributed by atoms with Crippen LogP contribution in [0.4, 0.5) is 0 Å². The largest absolute Gasteiger partial charge is 0.208 e. The Bertz CT molecular complexity index is 2100. The lowest BCUT2D eigenvalue weighted by atomic mass is 9.69. The third-order valence-electron chi connectivity index (χ3n) is 10.4. The second-order valence-corrected chi connectivity index (χ2v) is 13.9. The summed E-state index contributed by atoms with van der Waals surface area (Å²) in [4.78, 5) is 15.1. The maximum Gasteiger partial charge on any atom is 0.164 e. The van der Waals surface area contributed by atoms with Crippen molar-refractivity contribution in [3.8, 4) is 62.5 Å². The fourth-order valence-corrected chi connectivity index (χ4v) is 7.81. The van der Waals surface area contributed by atoms with Gasteiger partial charge in [-0.25, -0.2) is 15.0 Å². The molecule has 0 radical (unpaired) electrons. The zero-order chi connectivity index (χ0) is 33.8. The summed E-state index contributed by atoms with van der Waals surface area (Å²) in [5.41, 5.74) is 9.36. The Kier molecular flexibility index (Phi) is 9.18. The van der Waals surface area contributed by atoms with Crippen LogP contribution in [-0.2, 0) is 5.41 Å². The molecule has 1 saturated carbocycles. The standard InChI is InChI=1S/C45H42N4/c1-4-45(28-31(2)20-21-32(3)29-45)39-24-22-35(23-25-39)43-47-42(34-13-6-5-7-14-34)48-44(49-43)38-17-11-16-37(27-38)41-19-9-8-18-40(41)36-15-10-12-33(26-36)30-46/h5-19,22-27,31-32H,4,20-21,28-29H2,1-3H3/t31-,32+,45?. The average Bonchev–Trinajstić information content (AvgIpc) is 3.32. The van der Waals surface area contributed by atoms with Gasteiger partial charge in [-0.05, 0) is 82.5 Å². The molecule has 4 heteroatoms. The lowest BCUT2D eigenvalue weighted by molar-refractivity contribution is 0.295. The molecule has 0 amide bonds. The average molecular weight is 639 g/mol. The van der Waals surface area contributed by atoms with Crippen molar-refractivity contribution in [2.45, 2.75) is 58.3 Å². The van der Waals surface area contributed by atoms with Crippen molar-refractivity contribution >= 4 is 0 Å². The summed E-state index contributed by atoms with van der Waals surface area (Å²) >= 11 is 0. The predicted molar refractivity (Wildman–Crippen MR) is 200 cm³/mol. The number of benzene rings is 5. The third kappa shape index (κ3) is 6.80. The number of hydrogen-bond acceptors (Lipinski definition) is 4. The van der Waals surface area contributed by atoms with Crippen LogP contribution in [0.25, 0.3) is 56.4 Å². The summed E-state index contributed by atoms with van der Waals surface area (Å²) in [5, 5.41) is 9.52. The Morgan fingerprint density at radius 2 is 1.06 bits per heavy atom. The van der Waals surface area contributed by atoms with E-state index in [4.69, 9.17) is 15.0 Å². The highest BCUT2D eigenvalue weighted by Gasteiger charge is 2.36. The smallest absolute Gasteiger partial charge is 0.164 e. The van der Waals surface area contributed by atoms with Gasteiger partial charge in [0.2, 0.25) is 0 Å². The van der Waals surface area contributed by atoms with E-state index < -0.39 is 0 Å². The number of nitriles is 1. The molecule has 0 N–H and O–H groups in total. The lowest BCUT2D eigenvalue weighted by Crippen LogP contribution is -2.28. The van der Waals surface area contributed by atoms with Crippen molar-refractivity contribution in [1.29, 1.82) is 5.26 Å². The van der Waals surface area contributed by atoms with Crippen molar-refractivity contribution in [1.82, 2.24) is 15.0 Å². The monoisotopic (exact) mass is 638 g/mol. The van der Waals surface area contributed by atoms with E-state index >= 15 is 0 Å². The van der Waals surface area contributed by atoms with Crippen molar-refractivity contribution in [3.63, 3.8) is 0 Å². The first-order chi connectivity index (χ1) is 23.9. The zero-order valence-corrected chi connectivity index (χ0v) is 28.6. The van der Waals surface area contributed by atoms with E-state index in [9.17, 15) is 5.26 Å². The minimum atomic E-state index is 0.208. The van der Waals surface area contributed by atoms with E-state index in [2.05, 4.69) is 99.6 Å². The first kappa shape index (κ1) is 32.2. The van der Waals surface area contributed by atoms with Crippen molar-refractivity contribution in [3.05, 3.63) is 139 Å². The van der Waals surface area contributed by atoms with Gasteiger partial charge in [-0.15, -0.1) is 0 Å². The van der Waals surface area contributed by atoms with Crippen LogP contribution in [0, 0.1) is 23.2 Å². The van der Waals surface area contributed by atoms with Crippen LogP contribution < -0.4 is 0 Å². The van der Waals surface area contributed by atoms with Crippen LogP contribution in [0.1, 0.15) is 64.0 Å². The molecular formula is C45H42N4. The molecule has 0 saturated heterocycles. The number of aromatic nitrogens is 3. The van der Waals surface area contributed by atoms with Gasteiger partial charge in [0.1, 0.15) is 0 Å².